The summed E-state index contributed by atoms with van der Waals surface area (Å²) >= 11 is 1.56. The number of hydrogen-bond donors (Lipinski definition) is 0. The number of alkyl halides is 3. The molecule has 5 nitrogen and oxygen atoms in total. The van der Waals surface area contributed by atoms with Crippen molar-refractivity contribution in [2.75, 3.05) is 19.0 Å². The maximum absolute atomic E-state index is 12.5. The van der Waals surface area contributed by atoms with Gasteiger partial charge in [0, 0.05) is 28.3 Å². The van der Waals surface area contributed by atoms with E-state index in [0.717, 1.165) is 22.3 Å². The van der Waals surface area contributed by atoms with Crippen molar-refractivity contribution in [2.24, 2.45) is 0 Å². The summed E-state index contributed by atoms with van der Waals surface area (Å²) in [5, 5.41) is 0.230. The largest absolute Gasteiger partial charge is 0.534 e. The van der Waals surface area contributed by atoms with Crippen LogP contribution < -0.4 is 4.18 Å². The molecule has 0 atom stereocenters. The third-order valence-corrected chi connectivity index (χ3v) is 6.43. The Morgan fingerprint density at radius 3 is 2.67 bits per heavy atom. The van der Waals surface area contributed by atoms with Gasteiger partial charge in [-0.15, -0.1) is 11.8 Å². The van der Waals surface area contributed by atoms with E-state index in [1.807, 2.05) is 0 Å². The molecular weight excluding hydrogens is 367 g/mol. The van der Waals surface area contributed by atoms with Gasteiger partial charge in [0.15, 0.2) is 5.75 Å². The van der Waals surface area contributed by atoms with Crippen molar-refractivity contribution in [2.45, 2.75) is 15.8 Å². The van der Waals surface area contributed by atoms with Crippen LogP contribution in [0.3, 0.4) is 0 Å². The van der Waals surface area contributed by atoms with Gasteiger partial charge in [-0.1, -0.05) is 0 Å². The zero-order valence-electron chi connectivity index (χ0n) is 12.0. The summed E-state index contributed by atoms with van der Waals surface area (Å²) in [6, 6.07) is 4.52. The Bertz CT molecular complexity index is 939. The second-order valence-corrected chi connectivity index (χ2v) is 8.27. The molecule has 4 rings (SSSR count). The predicted molar refractivity (Wildman–Crippen MR) is 80.6 cm³/mol. The molecule has 1 spiro atoms. The van der Waals surface area contributed by atoms with Crippen molar-refractivity contribution in [3.05, 3.63) is 30.0 Å². The molecule has 0 N–H and O–H groups in total. The van der Waals surface area contributed by atoms with Crippen molar-refractivity contribution in [3.63, 3.8) is 0 Å². The number of pyridine rings is 1. The lowest BCUT2D eigenvalue weighted by Gasteiger charge is -2.38. The SMILES string of the molecule is O=S(=O)(Oc1ccnc2cc3c(cc12)SCC31COC1)C(F)(F)F. The van der Waals surface area contributed by atoms with Crippen molar-refractivity contribution >= 4 is 32.8 Å². The molecule has 0 saturated carbocycles. The van der Waals surface area contributed by atoms with Crippen LogP contribution in [-0.2, 0) is 20.3 Å². The Hall–Kier alpha value is -1.52. The second kappa shape index (κ2) is 4.99. The summed E-state index contributed by atoms with van der Waals surface area (Å²) in [6.07, 6.45) is 1.22. The lowest BCUT2D eigenvalue weighted by atomic mass is 9.80. The molecule has 2 aliphatic heterocycles. The molecule has 2 aromatic rings. The van der Waals surface area contributed by atoms with Gasteiger partial charge in [-0.25, -0.2) is 0 Å². The predicted octanol–water partition coefficient (Wildman–Crippen LogP) is 2.84. The average molecular weight is 377 g/mol. The normalized spacial score (nSPS) is 19.3. The van der Waals surface area contributed by atoms with Crippen LogP contribution in [0.2, 0.25) is 0 Å². The lowest BCUT2D eigenvalue weighted by Crippen LogP contribution is -2.46. The van der Waals surface area contributed by atoms with E-state index in [9.17, 15) is 21.6 Å². The van der Waals surface area contributed by atoms with Gasteiger partial charge in [0.25, 0.3) is 0 Å². The van der Waals surface area contributed by atoms with E-state index in [0.29, 0.717) is 18.7 Å². The Labute approximate surface area is 139 Å². The molecule has 2 aliphatic rings. The minimum Gasteiger partial charge on any atom is -0.379 e. The second-order valence-electron chi connectivity index (χ2n) is 5.72. The van der Waals surface area contributed by atoms with Crippen molar-refractivity contribution < 1.29 is 30.5 Å². The number of fused-ring (bicyclic) bond motifs is 3. The smallest absolute Gasteiger partial charge is 0.379 e. The monoisotopic (exact) mass is 377 g/mol. The molecule has 1 saturated heterocycles. The highest BCUT2D eigenvalue weighted by atomic mass is 32.2. The number of nitrogens with zero attached hydrogens (tertiary/aromatic N) is 1. The first-order valence-electron chi connectivity index (χ1n) is 6.86. The van der Waals surface area contributed by atoms with Crippen LogP contribution in [0.5, 0.6) is 5.75 Å². The molecule has 0 unspecified atom stereocenters. The minimum absolute atomic E-state index is 0.0786. The van der Waals surface area contributed by atoms with Crippen LogP contribution in [0.1, 0.15) is 5.56 Å². The van der Waals surface area contributed by atoms with Gasteiger partial charge in [0.2, 0.25) is 0 Å². The van der Waals surface area contributed by atoms with E-state index in [1.165, 1.54) is 6.20 Å². The van der Waals surface area contributed by atoms with E-state index in [1.54, 1.807) is 23.9 Å². The first-order chi connectivity index (χ1) is 11.2. The summed E-state index contributed by atoms with van der Waals surface area (Å²) in [7, 11) is -5.73. The van der Waals surface area contributed by atoms with E-state index in [-0.39, 0.29) is 16.6 Å². The minimum atomic E-state index is -5.73. The van der Waals surface area contributed by atoms with Crippen LogP contribution in [0.25, 0.3) is 10.9 Å². The van der Waals surface area contributed by atoms with Gasteiger partial charge < -0.3 is 8.92 Å². The van der Waals surface area contributed by atoms with Crippen LogP contribution in [-0.4, -0.2) is 37.9 Å². The number of ether oxygens (including phenoxy) is 1. The molecule has 128 valence electrons. The molecule has 0 bridgehead atoms. The molecule has 1 aromatic heterocycles. The van der Waals surface area contributed by atoms with E-state index in [4.69, 9.17) is 4.74 Å². The molecule has 0 aliphatic carbocycles. The fourth-order valence-electron chi connectivity index (χ4n) is 2.80. The molecule has 3 heterocycles. The van der Waals surface area contributed by atoms with Crippen LogP contribution in [0, 0.1) is 0 Å². The highest BCUT2D eigenvalue weighted by molar-refractivity contribution is 7.99. The van der Waals surface area contributed by atoms with Gasteiger partial charge in [-0.05, 0) is 17.7 Å². The Morgan fingerprint density at radius 1 is 1.29 bits per heavy atom. The molecule has 24 heavy (non-hydrogen) atoms. The number of aromatic nitrogens is 1. The number of hydrogen-bond acceptors (Lipinski definition) is 6. The summed E-state index contributed by atoms with van der Waals surface area (Å²) in [6.45, 7) is 1.19. The third-order valence-electron chi connectivity index (χ3n) is 4.12. The fourth-order valence-corrected chi connectivity index (χ4v) is 4.66. The quantitative estimate of drug-likeness (QED) is 0.592. The van der Waals surface area contributed by atoms with Crippen molar-refractivity contribution in [1.29, 1.82) is 0 Å². The highest BCUT2D eigenvalue weighted by Gasteiger charge is 2.49. The number of benzene rings is 1. The van der Waals surface area contributed by atoms with Crippen molar-refractivity contribution in [1.82, 2.24) is 4.98 Å². The number of thioether (sulfide) groups is 1. The molecule has 0 amide bonds. The maximum atomic E-state index is 12.5. The maximum Gasteiger partial charge on any atom is 0.534 e. The van der Waals surface area contributed by atoms with E-state index < -0.39 is 15.6 Å². The van der Waals surface area contributed by atoms with Gasteiger partial charge in [-0.3, -0.25) is 4.98 Å². The summed E-state index contributed by atoms with van der Waals surface area (Å²) in [4.78, 5) is 5.01. The molecule has 1 fully saturated rings. The van der Waals surface area contributed by atoms with Crippen LogP contribution >= 0.6 is 11.8 Å². The lowest BCUT2D eigenvalue weighted by molar-refractivity contribution is -0.0499. The number of rotatable bonds is 2. The van der Waals surface area contributed by atoms with Gasteiger partial charge in [0.05, 0.1) is 24.1 Å². The van der Waals surface area contributed by atoms with Gasteiger partial charge >= 0.3 is 15.6 Å². The fraction of sp³-hybridized carbons (Fsp3) is 0.357. The molecule has 1 aromatic carbocycles. The summed E-state index contributed by atoms with van der Waals surface area (Å²) < 4.78 is 69.8. The Balaban J connectivity index is 1.82. The summed E-state index contributed by atoms with van der Waals surface area (Å²) in [5.41, 5.74) is -4.14. The molecular formula is C14H10F3NO4S2. The summed E-state index contributed by atoms with van der Waals surface area (Å²) in [5.74, 6) is 0.432. The Kier molecular flexibility index (Phi) is 3.32. The van der Waals surface area contributed by atoms with Gasteiger partial charge in [-0.2, -0.15) is 21.6 Å². The third kappa shape index (κ3) is 2.27. The Morgan fingerprint density at radius 2 is 2.04 bits per heavy atom. The zero-order chi connectivity index (χ0) is 17.2. The topological polar surface area (TPSA) is 65.5 Å². The van der Waals surface area contributed by atoms with E-state index >= 15 is 0 Å². The van der Waals surface area contributed by atoms with Gasteiger partial charge in [0.1, 0.15) is 0 Å². The van der Waals surface area contributed by atoms with Crippen molar-refractivity contribution in [3.8, 4) is 5.75 Å². The standard InChI is InChI=1S/C14H10F3NO4S2/c15-14(16,17)24(19,20)22-11-1-2-18-10-4-9-12(3-8(10)11)23-7-13(9)5-21-6-13/h1-4H,5-7H2. The first kappa shape index (κ1) is 16.0. The zero-order valence-corrected chi connectivity index (χ0v) is 13.6. The van der Waals surface area contributed by atoms with Crippen LogP contribution in [0.15, 0.2) is 29.3 Å². The van der Waals surface area contributed by atoms with E-state index in [2.05, 4.69) is 9.17 Å². The molecule has 0 radical (unpaired) electrons. The first-order valence-corrected chi connectivity index (χ1v) is 9.26. The average Bonchev–Trinajstić information content (AvgIpc) is 2.82. The molecule has 10 heteroatoms. The highest BCUT2D eigenvalue weighted by Crippen LogP contribution is 2.49. The van der Waals surface area contributed by atoms with Crippen LogP contribution in [0.4, 0.5) is 13.2 Å². The number of halogens is 3.